The zero-order chi connectivity index (χ0) is 19.6. The number of benzene rings is 2. The zero-order valence-electron chi connectivity index (χ0n) is 13.2. The van der Waals surface area contributed by atoms with E-state index in [4.69, 9.17) is 4.74 Å². The summed E-state index contributed by atoms with van der Waals surface area (Å²) in [6.07, 6.45) is 1.12. The average Bonchev–Trinajstić information content (AvgIpc) is 2.65. The normalized spacial score (nSPS) is 10.5. The lowest BCUT2D eigenvalue weighted by Crippen LogP contribution is -2.13. The van der Waals surface area contributed by atoms with Crippen LogP contribution in [0, 0.1) is 27.6 Å². The number of carbonyl (C=O) groups is 1. The first-order valence-corrected chi connectivity index (χ1v) is 7.30. The van der Waals surface area contributed by atoms with E-state index >= 15 is 0 Å². The Morgan fingerprint density at radius 3 is 2.33 bits per heavy atom. The Morgan fingerprint density at radius 2 is 1.67 bits per heavy atom. The predicted molar refractivity (Wildman–Crippen MR) is 85.4 cm³/mol. The highest BCUT2D eigenvalue weighted by Gasteiger charge is 2.17. The molecule has 136 valence electrons. The van der Waals surface area contributed by atoms with Crippen molar-refractivity contribution in [2.75, 3.05) is 0 Å². The molecule has 7 nitrogen and oxygen atoms in total. The quantitative estimate of drug-likeness (QED) is 0.227. The monoisotopic (exact) mass is 375 g/mol. The second kappa shape index (κ2) is 7.20. The number of non-ortho nitro benzene ring substituents is 1. The Kier molecular flexibility index (Phi) is 4.79. The molecule has 0 atom stereocenters. The van der Waals surface area contributed by atoms with Crippen LogP contribution < -0.4 is 4.74 Å². The highest BCUT2D eigenvalue weighted by atomic mass is 19.2. The molecule has 2 aromatic carbocycles. The number of nitro groups is 1. The van der Waals surface area contributed by atoms with Crippen molar-refractivity contribution in [2.24, 2.45) is 0 Å². The van der Waals surface area contributed by atoms with Crippen LogP contribution in [0.5, 0.6) is 5.75 Å². The van der Waals surface area contributed by atoms with Crippen LogP contribution in [0.25, 0.3) is 11.3 Å². The van der Waals surface area contributed by atoms with Crippen molar-refractivity contribution >= 4 is 11.7 Å². The molecule has 0 amide bonds. The molecule has 0 aliphatic heterocycles. The zero-order valence-corrected chi connectivity index (χ0v) is 13.2. The molecule has 3 rings (SSSR count). The van der Waals surface area contributed by atoms with Crippen molar-refractivity contribution in [3.8, 4) is 17.0 Å². The van der Waals surface area contributed by atoms with Crippen molar-refractivity contribution in [3.63, 3.8) is 0 Å². The number of carbonyl (C=O) groups excluding carboxylic acids is 1. The molecule has 0 saturated carbocycles. The molecule has 0 saturated heterocycles. The number of nitro benzene ring substituents is 1. The molecule has 0 unspecified atom stereocenters. The van der Waals surface area contributed by atoms with Gasteiger partial charge in [0.1, 0.15) is 11.6 Å². The Hall–Kier alpha value is -3.82. The third-order valence-corrected chi connectivity index (χ3v) is 3.38. The van der Waals surface area contributed by atoms with Gasteiger partial charge in [-0.15, -0.1) is 0 Å². The van der Waals surface area contributed by atoms with Crippen molar-refractivity contribution in [3.05, 3.63) is 82.1 Å². The molecule has 1 aromatic heterocycles. The Bertz CT molecular complexity index is 1040. The summed E-state index contributed by atoms with van der Waals surface area (Å²) in [6, 6.07) is 6.86. The smallest absolute Gasteiger partial charge is 0.381 e. The fraction of sp³-hybridized carbons (Fsp3) is 0. The van der Waals surface area contributed by atoms with Crippen molar-refractivity contribution < 1.29 is 27.6 Å². The third-order valence-electron chi connectivity index (χ3n) is 3.38. The van der Waals surface area contributed by atoms with Gasteiger partial charge in [0, 0.05) is 30.0 Å². The van der Waals surface area contributed by atoms with Crippen LogP contribution >= 0.6 is 0 Å². The molecule has 3 aromatic rings. The van der Waals surface area contributed by atoms with Crippen LogP contribution in [0.1, 0.15) is 10.6 Å². The molecule has 0 N–H and O–H groups in total. The summed E-state index contributed by atoms with van der Waals surface area (Å²) in [7, 11) is 0. The molecule has 1 heterocycles. The van der Waals surface area contributed by atoms with Gasteiger partial charge in [0.25, 0.3) is 5.69 Å². The van der Waals surface area contributed by atoms with Gasteiger partial charge < -0.3 is 4.74 Å². The molecule has 0 aliphatic rings. The maximum absolute atomic E-state index is 13.9. The summed E-state index contributed by atoms with van der Waals surface area (Å²) in [6.45, 7) is 0. The number of halogens is 3. The van der Waals surface area contributed by atoms with E-state index in [2.05, 4.69) is 9.97 Å². The minimum absolute atomic E-state index is 0.00129. The molecule has 0 spiro atoms. The highest BCUT2D eigenvalue weighted by Crippen LogP contribution is 2.24. The lowest BCUT2D eigenvalue weighted by molar-refractivity contribution is -0.384. The SMILES string of the molecule is O=C(Oc1ccc([N+](=O)[O-])cc1)c1nccc(-c2cc(F)c(F)cc2F)n1. The van der Waals surface area contributed by atoms with E-state index in [1.165, 1.54) is 18.2 Å². The number of hydrogen-bond acceptors (Lipinski definition) is 6. The molecule has 27 heavy (non-hydrogen) atoms. The van der Waals surface area contributed by atoms with Crippen LogP contribution in [0.2, 0.25) is 0 Å². The third kappa shape index (κ3) is 3.89. The van der Waals surface area contributed by atoms with Gasteiger partial charge in [0.05, 0.1) is 10.6 Å². The number of aromatic nitrogens is 2. The van der Waals surface area contributed by atoms with E-state index in [1.807, 2.05) is 0 Å². The van der Waals surface area contributed by atoms with Gasteiger partial charge >= 0.3 is 5.97 Å². The van der Waals surface area contributed by atoms with Gasteiger partial charge in [-0.25, -0.2) is 27.9 Å². The van der Waals surface area contributed by atoms with Crippen LogP contribution in [0.15, 0.2) is 48.7 Å². The fourth-order valence-electron chi connectivity index (χ4n) is 2.11. The molecule has 0 radical (unpaired) electrons. The first-order valence-electron chi connectivity index (χ1n) is 7.30. The minimum atomic E-state index is -1.36. The summed E-state index contributed by atoms with van der Waals surface area (Å²) in [5, 5.41) is 10.6. The maximum Gasteiger partial charge on any atom is 0.381 e. The Labute approximate surface area is 149 Å². The topological polar surface area (TPSA) is 95.2 Å². The van der Waals surface area contributed by atoms with Crippen LogP contribution in [0.3, 0.4) is 0 Å². The van der Waals surface area contributed by atoms with Gasteiger partial charge in [-0.05, 0) is 24.3 Å². The van der Waals surface area contributed by atoms with Gasteiger partial charge in [0.2, 0.25) is 5.82 Å². The van der Waals surface area contributed by atoms with Gasteiger partial charge in [0.15, 0.2) is 11.6 Å². The van der Waals surface area contributed by atoms with E-state index in [-0.39, 0.29) is 22.7 Å². The fourth-order valence-corrected chi connectivity index (χ4v) is 2.11. The minimum Gasteiger partial charge on any atom is -0.421 e. The number of ether oxygens (including phenoxy) is 1. The summed E-state index contributed by atoms with van der Waals surface area (Å²) in [5.74, 6) is -5.19. The van der Waals surface area contributed by atoms with Gasteiger partial charge in [-0.3, -0.25) is 10.1 Å². The molecule has 0 fully saturated rings. The summed E-state index contributed by atoms with van der Waals surface area (Å²) >= 11 is 0. The number of esters is 1. The lowest BCUT2D eigenvalue weighted by Gasteiger charge is -2.06. The van der Waals surface area contributed by atoms with E-state index in [9.17, 15) is 28.1 Å². The van der Waals surface area contributed by atoms with Gasteiger partial charge in [-0.1, -0.05) is 0 Å². The number of rotatable bonds is 4. The molecular weight excluding hydrogens is 367 g/mol. The largest absolute Gasteiger partial charge is 0.421 e. The summed E-state index contributed by atoms with van der Waals surface area (Å²) < 4.78 is 45.2. The highest BCUT2D eigenvalue weighted by molar-refractivity contribution is 5.87. The van der Waals surface area contributed by atoms with Crippen molar-refractivity contribution in [1.82, 2.24) is 9.97 Å². The predicted octanol–water partition coefficient (Wildman–Crippen LogP) is 3.69. The second-order valence-corrected chi connectivity index (χ2v) is 5.15. The van der Waals surface area contributed by atoms with Crippen molar-refractivity contribution in [1.29, 1.82) is 0 Å². The molecule has 0 bridgehead atoms. The number of nitrogens with zero attached hydrogens (tertiary/aromatic N) is 3. The number of hydrogen-bond donors (Lipinski definition) is 0. The summed E-state index contributed by atoms with van der Waals surface area (Å²) in [4.78, 5) is 29.6. The molecule has 0 aliphatic carbocycles. The van der Waals surface area contributed by atoms with E-state index in [1.54, 1.807) is 0 Å². The van der Waals surface area contributed by atoms with Gasteiger partial charge in [-0.2, -0.15) is 0 Å². The van der Waals surface area contributed by atoms with E-state index in [0.29, 0.717) is 12.1 Å². The van der Waals surface area contributed by atoms with E-state index in [0.717, 1.165) is 18.3 Å². The van der Waals surface area contributed by atoms with Crippen LogP contribution in [-0.4, -0.2) is 20.9 Å². The Morgan fingerprint density at radius 1 is 1.00 bits per heavy atom. The molecular formula is C17H8F3N3O4. The summed E-state index contributed by atoms with van der Waals surface area (Å²) in [5.41, 5.74) is -0.709. The lowest BCUT2D eigenvalue weighted by atomic mass is 10.1. The standard InChI is InChI=1S/C17H8F3N3O4/c18-12-8-14(20)13(19)7-11(12)15-5-6-21-16(22-15)17(24)27-10-3-1-9(2-4-10)23(25)26/h1-8H. The average molecular weight is 375 g/mol. The molecule has 10 heteroatoms. The van der Waals surface area contributed by atoms with Crippen LogP contribution in [-0.2, 0) is 0 Å². The van der Waals surface area contributed by atoms with Crippen molar-refractivity contribution in [2.45, 2.75) is 0 Å². The van der Waals surface area contributed by atoms with Crippen LogP contribution in [0.4, 0.5) is 18.9 Å². The first-order chi connectivity index (χ1) is 12.8. The maximum atomic E-state index is 13.9. The first kappa shape index (κ1) is 18.0. The second-order valence-electron chi connectivity index (χ2n) is 5.15. The Balaban J connectivity index is 1.86. The van der Waals surface area contributed by atoms with E-state index < -0.39 is 34.2 Å².